The lowest BCUT2D eigenvalue weighted by Crippen LogP contribution is -2.37. The molecule has 2 unspecified atom stereocenters. The van der Waals surface area contributed by atoms with Gasteiger partial charge in [-0.2, -0.15) is 0 Å². The predicted molar refractivity (Wildman–Crippen MR) is 56.4 cm³/mol. The van der Waals surface area contributed by atoms with Gasteiger partial charge in [0.05, 0.1) is 0 Å². The molecule has 1 nitrogen and oxygen atoms in total. The maximum Gasteiger partial charge on any atom is 0.0321 e. The molecule has 2 aliphatic rings. The zero-order valence-corrected chi connectivity index (χ0v) is 8.92. The van der Waals surface area contributed by atoms with Crippen molar-refractivity contribution in [2.45, 2.75) is 45.6 Å². The average Bonchev–Trinajstić information content (AvgIpc) is 2.45. The van der Waals surface area contributed by atoms with Gasteiger partial charge in [-0.25, -0.2) is 0 Å². The van der Waals surface area contributed by atoms with E-state index in [4.69, 9.17) is 0 Å². The van der Waals surface area contributed by atoms with Crippen molar-refractivity contribution < 1.29 is 0 Å². The van der Waals surface area contributed by atoms with Crippen molar-refractivity contribution in [1.82, 2.24) is 4.90 Å². The second kappa shape index (κ2) is 3.36. The number of fused-ring (bicyclic) bond motifs is 1. The summed E-state index contributed by atoms with van der Waals surface area (Å²) in [5.74, 6) is 1.71. The SMILES string of the molecule is C=C1CC(C(C)C)C2CCCCN12. The Bertz CT molecular complexity index is 207. The predicted octanol–water partition coefficient (Wildman–Crippen LogP) is 3.03. The summed E-state index contributed by atoms with van der Waals surface area (Å²) in [4.78, 5) is 2.58. The highest BCUT2D eigenvalue weighted by molar-refractivity contribution is 5.09. The van der Waals surface area contributed by atoms with E-state index in [-0.39, 0.29) is 0 Å². The highest BCUT2D eigenvalue weighted by Crippen LogP contribution is 2.40. The van der Waals surface area contributed by atoms with Crippen LogP contribution in [0, 0.1) is 11.8 Å². The zero-order chi connectivity index (χ0) is 9.42. The fraction of sp³-hybridized carbons (Fsp3) is 0.833. The van der Waals surface area contributed by atoms with Crippen LogP contribution in [-0.4, -0.2) is 17.5 Å². The summed E-state index contributed by atoms with van der Waals surface area (Å²) in [5.41, 5.74) is 1.41. The average molecular weight is 179 g/mol. The molecule has 0 N–H and O–H groups in total. The van der Waals surface area contributed by atoms with Crippen molar-refractivity contribution in [2.24, 2.45) is 11.8 Å². The van der Waals surface area contributed by atoms with E-state index in [0.717, 1.165) is 17.9 Å². The minimum atomic E-state index is 0.824. The van der Waals surface area contributed by atoms with Gasteiger partial charge in [-0.15, -0.1) is 0 Å². The van der Waals surface area contributed by atoms with Crippen LogP contribution in [0.25, 0.3) is 0 Å². The molecule has 0 aromatic carbocycles. The molecule has 2 rings (SSSR count). The Morgan fingerprint density at radius 1 is 1.38 bits per heavy atom. The standard InChI is InChI=1S/C12H21N/c1-9(2)11-8-10(3)13-7-5-4-6-12(11)13/h9,11-12H,3-8H2,1-2H3. The van der Waals surface area contributed by atoms with Gasteiger partial charge < -0.3 is 4.90 Å². The number of hydrogen-bond donors (Lipinski definition) is 0. The summed E-state index contributed by atoms with van der Waals surface area (Å²) in [5, 5.41) is 0. The summed E-state index contributed by atoms with van der Waals surface area (Å²) >= 11 is 0. The smallest absolute Gasteiger partial charge is 0.0321 e. The van der Waals surface area contributed by atoms with Crippen molar-refractivity contribution in [3.63, 3.8) is 0 Å². The molecule has 2 atom stereocenters. The van der Waals surface area contributed by atoms with Gasteiger partial charge in [0.2, 0.25) is 0 Å². The van der Waals surface area contributed by atoms with E-state index >= 15 is 0 Å². The highest BCUT2D eigenvalue weighted by Gasteiger charge is 2.38. The number of nitrogens with zero attached hydrogens (tertiary/aromatic N) is 1. The van der Waals surface area contributed by atoms with Crippen molar-refractivity contribution in [3.05, 3.63) is 12.3 Å². The minimum Gasteiger partial charge on any atom is -0.372 e. The first-order chi connectivity index (χ1) is 6.20. The maximum atomic E-state index is 4.20. The summed E-state index contributed by atoms with van der Waals surface area (Å²) < 4.78 is 0. The van der Waals surface area contributed by atoms with Gasteiger partial charge in [0, 0.05) is 18.3 Å². The van der Waals surface area contributed by atoms with E-state index in [1.54, 1.807) is 0 Å². The molecule has 2 fully saturated rings. The van der Waals surface area contributed by atoms with Gasteiger partial charge in [-0.05, 0) is 37.5 Å². The van der Waals surface area contributed by atoms with E-state index in [1.165, 1.54) is 37.9 Å². The van der Waals surface area contributed by atoms with Crippen LogP contribution in [-0.2, 0) is 0 Å². The van der Waals surface area contributed by atoms with Crippen LogP contribution < -0.4 is 0 Å². The van der Waals surface area contributed by atoms with Crippen molar-refractivity contribution in [3.8, 4) is 0 Å². The Hall–Kier alpha value is -0.460. The molecule has 2 aliphatic heterocycles. The maximum absolute atomic E-state index is 4.20. The third-order valence-corrected chi connectivity index (χ3v) is 3.78. The third-order valence-electron chi connectivity index (χ3n) is 3.78. The monoisotopic (exact) mass is 179 g/mol. The minimum absolute atomic E-state index is 0.824. The number of hydrogen-bond acceptors (Lipinski definition) is 1. The molecule has 0 aliphatic carbocycles. The summed E-state index contributed by atoms with van der Waals surface area (Å²) in [6.45, 7) is 10.2. The lowest BCUT2D eigenvalue weighted by molar-refractivity contribution is 0.171. The lowest BCUT2D eigenvalue weighted by atomic mass is 9.85. The fourth-order valence-corrected chi connectivity index (χ4v) is 3.00. The molecule has 0 aromatic rings. The Kier molecular flexibility index (Phi) is 2.35. The van der Waals surface area contributed by atoms with Gasteiger partial charge >= 0.3 is 0 Å². The quantitative estimate of drug-likeness (QED) is 0.598. The molecule has 0 aromatic heterocycles. The highest BCUT2D eigenvalue weighted by atomic mass is 15.2. The number of allylic oxidation sites excluding steroid dienone is 1. The van der Waals surface area contributed by atoms with E-state index in [2.05, 4.69) is 25.3 Å². The summed E-state index contributed by atoms with van der Waals surface area (Å²) in [6, 6.07) is 0.834. The van der Waals surface area contributed by atoms with Gasteiger partial charge in [0.15, 0.2) is 0 Å². The molecular weight excluding hydrogens is 158 g/mol. The molecule has 2 saturated heterocycles. The van der Waals surface area contributed by atoms with Crippen LogP contribution in [0.4, 0.5) is 0 Å². The fourth-order valence-electron chi connectivity index (χ4n) is 3.00. The van der Waals surface area contributed by atoms with E-state index in [9.17, 15) is 0 Å². The summed E-state index contributed by atoms with van der Waals surface area (Å²) in [6.07, 6.45) is 5.46. The largest absolute Gasteiger partial charge is 0.372 e. The van der Waals surface area contributed by atoms with Crippen molar-refractivity contribution >= 4 is 0 Å². The second-order valence-corrected chi connectivity index (χ2v) is 4.93. The van der Waals surface area contributed by atoms with Gasteiger partial charge in [0.25, 0.3) is 0 Å². The third kappa shape index (κ3) is 1.49. The Labute approximate surface area is 81.8 Å². The summed E-state index contributed by atoms with van der Waals surface area (Å²) in [7, 11) is 0. The molecule has 2 heterocycles. The Balaban J connectivity index is 2.12. The zero-order valence-electron chi connectivity index (χ0n) is 8.92. The van der Waals surface area contributed by atoms with E-state index in [0.29, 0.717) is 0 Å². The van der Waals surface area contributed by atoms with Crippen LogP contribution in [0.3, 0.4) is 0 Å². The molecule has 0 amide bonds. The first-order valence-electron chi connectivity index (χ1n) is 5.64. The molecule has 1 heteroatoms. The van der Waals surface area contributed by atoms with Crippen LogP contribution in [0.2, 0.25) is 0 Å². The van der Waals surface area contributed by atoms with Crippen LogP contribution in [0.15, 0.2) is 12.3 Å². The van der Waals surface area contributed by atoms with Crippen LogP contribution in [0.5, 0.6) is 0 Å². The van der Waals surface area contributed by atoms with Crippen molar-refractivity contribution in [2.75, 3.05) is 6.54 Å². The lowest BCUT2D eigenvalue weighted by Gasteiger charge is -2.35. The molecule has 0 bridgehead atoms. The van der Waals surface area contributed by atoms with Gasteiger partial charge in [0.1, 0.15) is 0 Å². The van der Waals surface area contributed by atoms with Crippen LogP contribution >= 0.6 is 0 Å². The molecule has 74 valence electrons. The second-order valence-electron chi connectivity index (χ2n) is 4.93. The number of piperidine rings is 1. The van der Waals surface area contributed by atoms with E-state index < -0.39 is 0 Å². The van der Waals surface area contributed by atoms with Gasteiger partial charge in [-0.3, -0.25) is 0 Å². The first-order valence-corrected chi connectivity index (χ1v) is 5.64. The molecular formula is C12H21N. The molecule has 0 saturated carbocycles. The van der Waals surface area contributed by atoms with Gasteiger partial charge in [-0.1, -0.05) is 20.4 Å². The topological polar surface area (TPSA) is 3.24 Å². The molecule has 0 radical (unpaired) electrons. The molecule has 13 heavy (non-hydrogen) atoms. The normalized spacial score (nSPS) is 34.1. The Morgan fingerprint density at radius 2 is 2.15 bits per heavy atom. The van der Waals surface area contributed by atoms with Crippen LogP contribution in [0.1, 0.15) is 39.5 Å². The first kappa shape index (κ1) is 9.11. The molecule has 0 spiro atoms. The van der Waals surface area contributed by atoms with Crippen molar-refractivity contribution in [1.29, 1.82) is 0 Å². The Morgan fingerprint density at radius 3 is 2.85 bits per heavy atom. The van der Waals surface area contributed by atoms with E-state index in [1.807, 2.05) is 0 Å². The number of rotatable bonds is 1.